The van der Waals surface area contributed by atoms with Gasteiger partial charge < -0.3 is 11.1 Å². The molecular weight excluding hydrogens is 437 g/mol. The standard InChI is InChI=1S/C20H31N5.HI/c1-15(2)7-5-8-16(3)24-20(21)22-12-17-9-6-10-18(11-17)19-13-23-25(4)14-19;/h6,9-11,13-16H,5,7-8,12H2,1-4H3,(H3,21,22,24);1H. The van der Waals surface area contributed by atoms with Crippen LogP contribution in [-0.4, -0.2) is 21.8 Å². The second-order valence-electron chi connectivity index (χ2n) is 7.17. The Balaban J connectivity index is 0.00000338. The highest BCUT2D eigenvalue weighted by molar-refractivity contribution is 14.0. The van der Waals surface area contributed by atoms with E-state index < -0.39 is 0 Å². The molecule has 3 N–H and O–H groups in total. The predicted molar refractivity (Wildman–Crippen MR) is 121 cm³/mol. The lowest BCUT2D eigenvalue weighted by Crippen LogP contribution is -2.38. The van der Waals surface area contributed by atoms with Crippen LogP contribution in [0.3, 0.4) is 0 Å². The molecule has 26 heavy (non-hydrogen) atoms. The minimum Gasteiger partial charge on any atom is -0.370 e. The van der Waals surface area contributed by atoms with Crippen LogP contribution in [0.1, 0.15) is 45.6 Å². The number of aliphatic imine (C=N–C) groups is 1. The van der Waals surface area contributed by atoms with Crippen molar-refractivity contribution in [2.75, 3.05) is 0 Å². The van der Waals surface area contributed by atoms with Gasteiger partial charge in [0, 0.05) is 24.8 Å². The molecule has 0 radical (unpaired) electrons. The summed E-state index contributed by atoms with van der Waals surface area (Å²) in [5, 5.41) is 7.51. The summed E-state index contributed by atoms with van der Waals surface area (Å²) in [5.74, 6) is 1.27. The number of rotatable bonds is 8. The van der Waals surface area contributed by atoms with Gasteiger partial charge in [0.25, 0.3) is 0 Å². The second kappa shape index (κ2) is 11.2. The Kier molecular flexibility index (Phi) is 9.69. The van der Waals surface area contributed by atoms with Crippen LogP contribution in [-0.2, 0) is 13.6 Å². The lowest BCUT2D eigenvalue weighted by molar-refractivity contribution is 0.493. The number of aryl methyl sites for hydroxylation is 1. The van der Waals surface area contributed by atoms with Crippen molar-refractivity contribution in [2.45, 2.75) is 52.6 Å². The molecule has 2 rings (SSSR count). The van der Waals surface area contributed by atoms with E-state index in [0.29, 0.717) is 18.5 Å². The number of nitrogens with zero attached hydrogens (tertiary/aromatic N) is 3. The van der Waals surface area contributed by atoms with E-state index >= 15 is 0 Å². The molecule has 144 valence electrons. The first-order chi connectivity index (χ1) is 11.9. The van der Waals surface area contributed by atoms with Gasteiger partial charge in [-0.1, -0.05) is 44.9 Å². The number of guanidine groups is 1. The van der Waals surface area contributed by atoms with Crippen LogP contribution in [0, 0.1) is 5.92 Å². The van der Waals surface area contributed by atoms with Gasteiger partial charge in [-0.05, 0) is 36.5 Å². The molecule has 0 aliphatic carbocycles. The third-order valence-electron chi connectivity index (χ3n) is 4.21. The summed E-state index contributed by atoms with van der Waals surface area (Å²) in [5.41, 5.74) is 9.43. The summed E-state index contributed by atoms with van der Waals surface area (Å²) in [6.07, 6.45) is 7.47. The fourth-order valence-electron chi connectivity index (χ4n) is 2.80. The van der Waals surface area contributed by atoms with Crippen LogP contribution in [0.4, 0.5) is 0 Å². The molecule has 0 saturated heterocycles. The Bertz CT molecular complexity index is 693. The van der Waals surface area contributed by atoms with Crippen LogP contribution >= 0.6 is 24.0 Å². The van der Waals surface area contributed by atoms with Crippen molar-refractivity contribution >= 4 is 29.9 Å². The van der Waals surface area contributed by atoms with Crippen LogP contribution in [0.5, 0.6) is 0 Å². The van der Waals surface area contributed by atoms with E-state index in [-0.39, 0.29) is 24.0 Å². The Labute approximate surface area is 174 Å². The van der Waals surface area contributed by atoms with Gasteiger partial charge in [-0.15, -0.1) is 24.0 Å². The maximum absolute atomic E-state index is 6.03. The molecule has 1 atom stereocenters. The van der Waals surface area contributed by atoms with Gasteiger partial charge in [0.1, 0.15) is 0 Å². The fourth-order valence-corrected chi connectivity index (χ4v) is 2.80. The zero-order valence-electron chi connectivity index (χ0n) is 16.3. The van der Waals surface area contributed by atoms with E-state index in [1.54, 1.807) is 0 Å². The molecular formula is C20H32IN5. The molecule has 1 heterocycles. The second-order valence-corrected chi connectivity index (χ2v) is 7.17. The van der Waals surface area contributed by atoms with Crippen molar-refractivity contribution in [1.29, 1.82) is 0 Å². The van der Waals surface area contributed by atoms with E-state index in [1.165, 1.54) is 12.8 Å². The van der Waals surface area contributed by atoms with Gasteiger partial charge in [0.15, 0.2) is 5.96 Å². The molecule has 0 bridgehead atoms. The van der Waals surface area contributed by atoms with Gasteiger partial charge >= 0.3 is 0 Å². The highest BCUT2D eigenvalue weighted by Crippen LogP contribution is 2.19. The van der Waals surface area contributed by atoms with Gasteiger partial charge in [-0.25, -0.2) is 4.99 Å². The summed E-state index contributed by atoms with van der Waals surface area (Å²) >= 11 is 0. The van der Waals surface area contributed by atoms with Crippen molar-refractivity contribution in [3.63, 3.8) is 0 Å². The molecule has 0 fully saturated rings. The fraction of sp³-hybridized carbons (Fsp3) is 0.500. The van der Waals surface area contributed by atoms with Crippen LogP contribution in [0.2, 0.25) is 0 Å². The molecule has 1 unspecified atom stereocenters. The molecule has 0 aliphatic rings. The summed E-state index contributed by atoms with van der Waals surface area (Å²) < 4.78 is 1.81. The third-order valence-corrected chi connectivity index (χ3v) is 4.21. The number of hydrogen-bond acceptors (Lipinski definition) is 2. The highest BCUT2D eigenvalue weighted by atomic mass is 127. The zero-order valence-corrected chi connectivity index (χ0v) is 18.6. The van der Waals surface area contributed by atoms with Gasteiger partial charge in [-0.3, -0.25) is 4.68 Å². The summed E-state index contributed by atoms with van der Waals surface area (Å²) in [6.45, 7) is 7.25. The Hall–Kier alpha value is -1.57. The molecule has 0 spiro atoms. The SMILES string of the molecule is CC(C)CCCC(C)NC(N)=NCc1cccc(-c2cnn(C)c2)c1.I. The molecule has 5 nitrogen and oxygen atoms in total. The average Bonchev–Trinajstić information content (AvgIpc) is 2.99. The maximum atomic E-state index is 6.03. The number of benzene rings is 1. The van der Waals surface area contributed by atoms with E-state index in [4.69, 9.17) is 5.73 Å². The monoisotopic (exact) mass is 469 g/mol. The first kappa shape index (κ1) is 22.5. The van der Waals surface area contributed by atoms with Crippen molar-refractivity contribution in [1.82, 2.24) is 15.1 Å². The van der Waals surface area contributed by atoms with Crippen molar-refractivity contribution in [2.24, 2.45) is 23.7 Å². The van der Waals surface area contributed by atoms with Crippen molar-refractivity contribution in [3.8, 4) is 11.1 Å². The molecule has 0 amide bonds. The minimum absolute atomic E-state index is 0. The number of nitrogens with two attached hydrogens (primary N) is 1. The largest absolute Gasteiger partial charge is 0.370 e. The van der Waals surface area contributed by atoms with E-state index in [1.807, 2.05) is 30.2 Å². The Morgan fingerprint density at radius 2 is 2.00 bits per heavy atom. The molecule has 1 aromatic heterocycles. The Morgan fingerprint density at radius 1 is 1.23 bits per heavy atom. The first-order valence-corrected chi connectivity index (χ1v) is 9.08. The predicted octanol–water partition coefficient (Wildman–Crippen LogP) is 4.32. The summed E-state index contributed by atoms with van der Waals surface area (Å²) in [4.78, 5) is 4.48. The third kappa shape index (κ3) is 7.76. The Morgan fingerprint density at radius 3 is 2.65 bits per heavy atom. The lowest BCUT2D eigenvalue weighted by atomic mass is 10.0. The molecule has 0 saturated carbocycles. The normalized spacial score (nSPS) is 12.7. The van der Waals surface area contributed by atoms with E-state index in [0.717, 1.165) is 29.0 Å². The lowest BCUT2D eigenvalue weighted by Gasteiger charge is -2.15. The van der Waals surface area contributed by atoms with Crippen LogP contribution in [0.15, 0.2) is 41.7 Å². The summed E-state index contributed by atoms with van der Waals surface area (Å²) in [6, 6.07) is 8.69. The van der Waals surface area contributed by atoms with Gasteiger partial charge in [0.2, 0.25) is 0 Å². The van der Waals surface area contributed by atoms with Crippen LogP contribution in [0.25, 0.3) is 11.1 Å². The molecule has 6 heteroatoms. The molecule has 1 aromatic carbocycles. The number of halogens is 1. The number of hydrogen-bond donors (Lipinski definition) is 2. The van der Waals surface area contributed by atoms with Crippen molar-refractivity contribution in [3.05, 3.63) is 42.2 Å². The van der Waals surface area contributed by atoms with Gasteiger partial charge in [-0.2, -0.15) is 5.10 Å². The first-order valence-electron chi connectivity index (χ1n) is 9.08. The summed E-state index contributed by atoms with van der Waals surface area (Å²) in [7, 11) is 1.92. The number of aromatic nitrogens is 2. The molecule has 2 aromatic rings. The van der Waals surface area contributed by atoms with Crippen molar-refractivity contribution < 1.29 is 0 Å². The van der Waals surface area contributed by atoms with Gasteiger partial charge in [0.05, 0.1) is 12.7 Å². The molecule has 0 aliphatic heterocycles. The zero-order chi connectivity index (χ0) is 18.2. The average molecular weight is 469 g/mol. The highest BCUT2D eigenvalue weighted by Gasteiger charge is 2.05. The van der Waals surface area contributed by atoms with Crippen LogP contribution < -0.4 is 11.1 Å². The topological polar surface area (TPSA) is 68.2 Å². The van der Waals surface area contributed by atoms with E-state index in [9.17, 15) is 0 Å². The maximum Gasteiger partial charge on any atom is 0.189 e. The quantitative estimate of drug-likeness (QED) is 0.344. The minimum atomic E-state index is 0. The number of nitrogens with one attached hydrogen (secondary N) is 1. The smallest absolute Gasteiger partial charge is 0.189 e. The van der Waals surface area contributed by atoms with E-state index in [2.05, 4.69) is 54.4 Å².